The number of likely N-dealkylation sites (N-methyl/N-ethyl adjacent to an activating group) is 1. The summed E-state index contributed by atoms with van der Waals surface area (Å²) in [6, 6.07) is 20.5. The van der Waals surface area contributed by atoms with E-state index >= 15 is 0 Å². The number of alkyl halides is 3. The number of piperazine rings is 1. The van der Waals surface area contributed by atoms with Crippen molar-refractivity contribution in [1.29, 1.82) is 0 Å². The fourth-order valence-corrected chi connectivity index (χ4v) is 11.0. The summed E-state index contributed by atoms with van der Waals surface area (Å²) in [5, 5.41) is 18.4. The fourth-order valence-electron chi connectivity index (χ4n) is 11.0. The molecule has 11 rings (SSSR count). The zero-order chi connectivity index (χ0) is 52.5. The number of H-pyrrole nitrogens is 2. The predicted octanol–water partition coefficient (Wildman–Crippen LogP) is 7.24. The number of halogens is 3. The van der Waals surface area contributed by atoms with Crippen LogP contribution in [-0.4, -0.2) is 121 Å². The molecule has 3 saturated heterocycles. The number of hydrogen-bond acceptors (Lipinski definition) is 10. The SMILES string of the molecule is C=CC(=O)Nc1cc(-c2cc(-c3cc4c([nH]3)C3(CCCNC3)CNC4=O)ccn2)cc(C(F)(F)F)c1.C=CC(=O)Nc1cc(-c2cc(-c3cc4c([nH]3)C3(CCCNC3)CNC4=O)ccn2)ccc1N1CCN(C)CC1. The molecule has 5 aliphatic heterocycles. The van der Waals surface area contributed by atoms with Gasteiger partial charge in [-0.15, -0.1) is 0 Å². The van der Waals surface area contributed by atoms with Crippen molar-refractivity contribution in [2.75, 3.05) is 88.0 Å². The number of carbonyl (C=O) groups is 4. The van der Waals surface area contributed by atoms with Crippen LogP contribution in [0.3, 0.4) is 0 Å². The first-order valence-electron chi connectivity index (χ1n) is 25.2. The second-order valence-electron chi connectivity index (χ2n) is 20.0. The van der Waals surface area contributed by atoms with Gasteiger partial charge in [0, 0.05) is 126 Å². The van der Waals surface area contributed by atoms with Crippen molar-refractivity contribution < 1.29 is 32.3 Å². The molecule has 2 spiro atoms. The Morgan fingerprint density at radius 3 is 1.72 bits per heavy atom. The highest BCUT2D eigenvalue weighted by Gasteiger charge is 2.44. The lowest BCUT2D eigenvalue weighted by Crippen LogP contribution is -2.54. The van der Waals surface area contributed by atoms with Gasteiger partial charge in [0.15, 0.2) is 0 Å². The summed E-state index contributed by atoms with van der Waals surface area (Å²) in [6.07, 6.45) is 4.99. The van der Waals surface area contributed by atoms with Crippen LogP contribution in [0.25, 0.3) is 45.0 Å². The lowest BCUT2D eigenvalue weighted by Gasteiger charge is -2.40. The van der Waals surface area contributed by atoms with Crippen LogP contribution in [0.5, 0.6) is 0 Å². The highest BCUT2D eigenvalue weighted by atomic mass is 19.4. The minimum absolute atomic E-state index is 0.0179. The third kappa shape index (κ3) is 10.5. The Bertz CT molecular complexity index is 3200. The summed E-state index contributed by atoms with van der Waals surface area (Å²) in [4.78, 5) is 70.0. The Hall–Kier alpha value is -7.87. The minimum atomic E-state index is -4.62. The Kier molecular flexibility index (Phi) is 14.0. The van der Waals surface area contributed by atoms with Crippen molar-refractivity contribution >= 4 is 40.7 Å². The van der Waals surface area contributed by atoms with E-state index < -0.39 is 17.6 Å². The van der Waals surface area contributed by atoms with Crippen molar-refractivity contribution in [3.63, 3.8) is 0 Å². The molecule has 8 N–H and O–H groups in total. The van der Waals surface area contributed by atoms with Crippen molar-refractivity contribution in [2.45, 2.75) is 42.7 Å². The van der Waals surface area contributed by atoms with Crippen LogP contribution in [-0.2, 0) is 26.6 Å². The molecule has 6 aromatic rings. The first-order chi connectivity index (χ1) is 36.1. The predicted molar refractivity (Wildman–Crippen MR) is 284 cm³/mol. The number of benzene rings is 2. The summed E-state index contributed by atoms with van der Waals surface area (Å²) in [5.41, 5.74) is 9.06. The van der Waals surface area contributed by atoms with Crippen LogP contribution >= 0.6 is 0 Å². The van der Waals surface area contributed by atoms with Crippen molar-refractivity contribution in [3.05, 3.63) is 139 Å². The molecule has 2 atom stereocenters. The molecule has 3 fully saturated rings. The molecule has 5 aliphatic rings. The van der Waals surface area contributed by atoms with E-state index in [1.165, 1.54) is 18.3 Å². The number of anilines is 3. The molecule has 4 amide bonds. The van der Waals surface area contributed by atoms with E-state index in [2.05, 4.69) is 94.0 Å². The average molecular weight is 1020 g/mol. The number of carbonyl (C=O) groups excluding carboxylic acids is 4. The molecule has 19 heteroatoms. The number of piperidine rings is 2. The van der Waals surface area contributed by atoms with Crippen LogP contribution < -0.4 is 36.8 Å². The second kappa shape index (κ2) is 20.8. The van der Waals surface area contributed by atoms with Gasteiger partial charge in [-0.3, -0.25) is 29.1 Å². The van der Waals surface area contributed by atoms with E-state index in [1.54, 1.807) is 24.4 Å². The first kappa shape index (κ1) is 50.7. The summed E-state index contributed by atoms with van der Waals surface area (Å²) < 4.78 is 40.7. The topological polar surface area (TPSA) is 204 Å². The van der Waals surface area contributed by atoms with Gasteiger partial charge in [-0.1, -0.05) is 19.2 Å². The Labute approximate surface area is 432 Å². The van der Waals surface area contributed by atoms with E-state index in [4.69, 9.17) is 0 Å². The standard InChI is InChI=1S/C30H35N7O2.C26H24F3N5O2/c1-3-27(38)34-25-16-20(5-6-26(25)37-13-11-36(2)12-14-37)23-15-21(7-10-32-23)24-17-22-28(35-24)30(19-33-29(22)39)8-4-9-31-18-30;1-2-22(35)33-18-9-16(8-17(11-18)26(27,28)29)20-10-15(4-7-31-20)21-12-19-23(34-21)25(14-32-24(19)36)5-3-6-30-13-25/h3,5-7,10,15-17,31,35H,1,4,8-9,11-14,18-19H2,2H3,(H,33,39)(H,34,38);2,4,7-12,30,34H,1,3,5-6,13-14H2,(H,32,36)(H,33,35). The minimum Gasteiger partial charge on any atom is -0.367 e. The molecule has 2 unspecified atom stereocenters. The lowest BCUT2D eigenvalue weighted by atomic mass is 9.74. The molecule has 0 saturated carbocycles. The van der Waals surface area contributed by atoms with Gasteiger partial charge in [0.05, 0.1) is 39.5 Å². The number of nitrogens with one attached hydrogen (secondary N) is 8. The fraction of sp³-hybridized carbons (Fsp3) is 0.321. The largest absolute Gasteiger partial charge is 0.416 e. The van der Waals surface area contributed by atoms with Crippen molar-refractivity contribution in [3.8, 4) is 45.0 Å². The number of fused-ring (bicyclic) bond motifs is 4. The molecular weight excluding hydrogens is 962 g/mol. The third-order valence-corrected chi connectivity index (χ3v) is 15.0. The van der Waals surface area contributed by atoms with E-state index in [0.717, 1.165) is 147 Å². The lowest BCUT2D eigenvalue weighted by molar-refractivity contribution is -0.137. The van der Waals surface area contributed by atoms with Gasteiger partial charge in [-0.2, -0.15) is 13.2 Å². The summed E-state index contributed by atoms with van der Waals surface area (Å²) in [6.45, 7) is 15.4. The monoisotopic (exact) mass is 1020 g/mol. The van der Waals surface area contributed by atoms with E-state index in [1.807, 2.05) is 24.3 Å². The number of aromatic nitrogens is 4. The number of pyridine rings is 2. The Morgan fingerprint density at radius 2 is 1.20 bits per heavy atom. The van der Waals surface area contributed by atoms with Gasteiger partial charge in [-0.05, 0) is 125 Å². The van der Waals surface area contributed by atoms with Gasteiger partial charge in [0.2, 0.25) is 11.8 Å². The first-order valence-corrected chi connectivity index (χ1v) is 25.2. The number of aromatic amines is 2. The number of amides is 4. The highest BCUT2D eigenvalue weighted by molar-refractivity contribution is 6.02. The molecule has 16 nitrogen and oxygen atoms in total. The highest BCUT2D eigenvalue weighted by Crippen LogP contribution is 2.41. The Balaban J connectivity index is 0.000000172. The number of rotatable bonds is 9. The molecule has 75 heavy (non-hydrogen) atoms. The number of nitrogens with zero attached hydrogens (tertiary/aromatic N) is 4. The molecule has 9 heterocycles. The number of hydrogen-bond donors (Lipinski definition) is 8. The summed E-state index contributed by atoms with van der Waals surface area (Å²) >= 11 is 0. The van der Waals surface area contributed by atoms with E-state index in [-0.39, 0.29) is 39.8 Å². The van der Waals surface area contributed by atoms with Gasteiger partial charge in [-0.25, -0.2) is 0 Å². The van der Waals surface area contributed by atoms with E-state index in [0.29, 0.717) is 35.6 Å². The second-order valence-corrected chi connectivity index (χ2v) is 20.0. The van der Waals surface area contributed by atoms with Gasteiger partial charge < -0.3 is 51.7 Å². The maximum atomic E-state index is 13.6. The average Bonchev–Trinajstić information content (AvgIpc) is 4.12. The van der Waals surface area contributed by atoms with Crippen molar-refractivity contribution in [1.82, 2.24) is 46.1 Å². The molecule has 0 aliphatic carbocycles. The van der Waals surface area contributed by atoms with Crippen molar-refractivity contribution in [2.24, 2.45) is 0 Å². The Morgan fingerprint density at radius 1 is 0.653 bits per heavy atom. The maximum absolute atomic E-state index is 13.6. The summed E-state index contributed by atoms with van der Waals surface area (Å²) in [7, 11) is 2.12. The van der Waals surface area contributed by atoms with E-state index in [9.17, 15) is 32.3 Å². The normalized spacial score (nSPS) is 20.5. The molecular formula is C56H59F3N12O4. The molecule has 388 valence electrons. The smallest absolute Gasteiger partial charge is 0.367 e. The molecule has 4 aromatic heterocycles. The van der Waals surface area contributed by atoms with Crippen LogP contribution in [0.4, 0.5) is 30.2 Å². The van der Waals surface area contributed by atoms with Gasteiger partial charge in [0.1, 0.15) is 0 Å². The zero-order valence-corrected chi connectivity index (χ0v) is 41.6. The zero-order valence-electron chi connectivity index (χ0n) is 41.6. The van der Waals surface area contributed by atoms with Crippen LogP contribution in [0, 0.1) is 0 Å². The van der Waals surface area contributed by atoms with Crippen LogP contribution in [0.2, 0.25) is 0 Å². The van der Waals surface area contributed by atoms with Gasteiger partial charge >= 0.3 is 6.18 Å². The van der Waals surface area contributed by atoms with Crippen LogP contribution in [0.1, 0.15) is 63.4 Å². The molecule has 2 aromatic carbocycles. The molecule has 0 radical (unpaired) electrons. The maximum Gasteiger partial charge on any atom is 0.416 e. The third-order valence-electron chi connectivity index (χ3n) is 15.0. The quantitative estimate of drug-likeness (QED) is 0.0683. The molecule has 0 bridgehead atoms. The van der Waals surface area contributed by atoms with Crippen LogP contribution in [0.15, 0.2) is 111 Å². The van der Waals surface area contributed by atoms with Gasteiger partial charge in [0.25, 0.3) is 11.8 Å². The summed E-state index contributed by atoms with van der Waals surface area (Å²) in [5.74, 6) is -1.05.